The molecule has 2 saturated carbocycles. The van der Waals surface area contributed by atoms with Crippen LogP contribution in [-0.2, 0) is 9.59 Å². The molecule has 5 heteroatoms. The molecule has 0 heterocycles. The average Bonchev–Trinajstić information content (AvgIpc) is 2.42. The molecule has 2 fully saturated rings. The molecule has 0 aliphatic heterocycles. The molecule has 0 saturated heterocycles. The number of hydrogen-bond acceptors (Lipinski definition) is 3. The van der Waals surface area contributed by atoms with E-state index in [1.165, 1.54) is 0 Å². The highest BCUT2D eigenvalue weighted by Gasteiger charge is 2.41. The van der Waals surface area contributed by atoms with Crippen molar-refractivity contribution in [3.05, 3.63) is 0 Å². The summed E-state index contributed by atoms with van der Waals surface area (Å²) in [5.74, 6) is -1.07. The predicted molar refractivity (Wildman–Crippen MR) is 74.2 cm³/mol. The highest BCUT2D eigenvalue weighted by atomic mass is 16.4. The summed E-state index contributed by atoms with van der Waals surface area (Å²) in [6.45, 7) is 0. The largest absolute Gasteiger partial charge is 0.481 e. The fourth-order valence-corrected chi connectivity index (χ4v) is 3.54. The van der Waals surface area contributed by atoms with Crippen molar-refractivity contribution in [1.29, 1.82) is 0 Å². The van der Waals surface area contributed by atoms with E-state index in [4.69, 9.17) is 0 Å². The first-order valence-electron chi connectivity index (χ1n) is 7.74. The molecule has 0 aromatic heterocycles. The third kappa shape index (κ3) is 3.51. The Bertz CT molecular complexity index is 363. The quantitative estimate of drug-likeness (QED) is 0.734. The first-order valence-corrected chi connectivity index (χ1v) is 7.74. The van der Waals surface area contributed by atoms with Crippen LogP contribution in [0.3, 0.4) is 0 Å². The molecule has 2 aliphatic rings. The van der Waals surface area contributed by atoms with E-state index in [9.17, 15) is 19.8 Å². The third-order valence-electron chi connectivity index (χ3n) is 4.84. The van der Waals surface area contributed by atoms with Crippen LogP contribution < -0.4 is 5.32 Å². The van der Waals surface area contributed by atoms with Gasteiger partial charge in [-0.3, -0.25) is 9.59 Å². The number of carboxylic acids is 1. The molecular weight excluding hydrogens is 258 g/mol. The molecule has 0 aromatic carbocycles. The van der Waals surface area contributed by atoms with E-state index in [1.54, 1.807) is 0 Å². The number of aliphatic carboxylic acids is 1. The Kier molecular flexibility index (Phi) is 5.02. The van der Waals surface area contributed by atoms with Crippen LogP contribution in [0.25, 0.3) is 0 Å². The minimum Gasteiger partial charge on any atom is -0.481 e. The van der Waals surface area contributed by atoms with Gasteiger partial charge in [-0.1, -0.05) is 32.1 Å². The number of aliphatic hydroxyl groups excluding tert-OH is 1. The van der Waals surface area contributed by atoms with Crippen molar-refractivity contribution in [2.24, 2.45) is 5.41 Å². The Morgan fingerprint density at radius 1 is 1.05 bits per heavy atom. The molecule has 5 nitrogen and oxygen atoms in total. The Labute approximate surface area is 119 Å². The monoisotopic (exact) mass is 283 g/mol. The lowest BCUT2D eigenvalue weighted by Gasteiger charge is -2.34. The highest BCUT2D eigenvalue weighted by molar-refractivity contribution is 5.85. The molecule has 0 unspecified atom stereocenters. The number of carbonyl (C=O) groups excluding carboxylic acids is 1. The lowest BCUT2D eigenvalue weighted by atomic mass is 9.71. The summed E-state index contributed by atoms with van der Waals surface area (Å²) in [5.41, 5.74) is -0.887. The molecule has 0 bridgehead atoms. The molecule has 114 valence electrons. The van der Waals surface area contributed by atoms with E-state index in [-0.39, 0.29) is 18.4 Å². The molecule has 0 spiro atoms. The zero-order valence-electron chi connectivity index (χ0n) is 11.9. The minimum atomic E-state index is -0.887. The smallest absolute Gasteiger partial charge is 0.310 e. The maximum absolute atomic E-state index is 12.1. The predicted octanol–water partition coefficient (Wildman–Crippen LogP) is 1.83. The van der Waals surface area contributed by atoms with Crippen molar-refractivity contribution in [2.75, 3.05) is 0 Å². The molecule has 2 rings (SSSR count). The van der Waals surface area contributed by atoms with Gasteiger partial charge in [-0.2, -0.15) is 0 Å². The van der Waals surface area contributed by atoms with Gasteiger partial charge in [-0.15, -0.1) is 0 Å². The number of nitrogens with one attached hydrogen (secondary N) is 1. The molecule has 1 amide bonds. The Balaban J connectivity index is 1.93. The van der Waals surface area contributed by atoms with Crippen molar-refractivity contribution in [1.82, 2.24) is 5.32 Å². The molecule has 2 aliphatic carbocycles. The number of hydrogen-bond donors (Lipinski definition) is 3. The molecule has 0 aromatic rings. The Morgan fingerprint density at radius 2 is 1.70 bits per heavy atom. The van der Waals surface area contributed by atoms with E-state index >= 15 is 0 Å². The van der Waals surface area contributed by atoms with Crippen LogP contribution in [0.15, 0.2) is 0 Å². The van der Waals surface area contributed by atoms with Crippen LogP contribution >= 0.6 is 0 Å². The molecular formula is C15H25NO4. The minimum absolute atomic E-state index is 0.0472. The first kappa shape index (κ1) is 15.3. The zero-order valence-corrected chi connectivity index (χ0v) is 11.9. The standard InChI is InChI=1S/C15H25NO4/c17-12-7-3-2-6-11(12)16-13(18)10-15(14(19)20)8-4-1-5-9-15/h11-12,17H,1-10H2,(H,16,18)(H,19,20)/t11-,12-/m0/s1. The second-order valence-corrected chi connectivity index (χ2v) is 6.35. The van der Waals surface area contributed by atoms with Crippen LogP contribution in [0, 0.1) is 5.41 Å². The second kappa shape index (κ2) is 6.57. The van der Waals surface area contributed by atoms with Crippen LogP contribution in [0.4, 0.5) is 0 Å². The first-order chi connectivity index (χ1) is 9.53. The van der Waals surface area contributed by atoms with Gasteiger partial charge < -0.3 is 15.5 Å². The molecule has 3 N–H and O–H groups in total. The van der Waals surface area contributed by atoms with Crippen LogP contribution in [0.5, 0.6) is 0 Å². The van der Waals surface area contributed by atoms with Gasteiger partial charge >= 0.3 is 5.97 Å². The van der Waals surface area contributed by atoms with Crippen LogP contribution in [0.1, 0.15) is 64.2 Å². The third-order valence-corrected chi connectivity index (χ3v) is 4.84. The van der Waals surface area contributed by atoms with Gasteiger partial charge in [0.15, 0.2) is 0 Å². The van der Waals surface area contributed by atoms with Crippen molar-refractivity contribution in [3.8, 4) is 0 Å². The van der Waals surface area contributed by atoms with Crippen molar-refractivity contribution >= 4 is 11.9 Å². The van der Waals surface area contributed by atoms with Gasteiger partial charge in [0.25, 0.3) is 0 Å². The SMILES string of the molecule is O=C(CC1(C(=O)O)CCCCC1)N[C@H]1CCCC[C@@H]1O. The van der Waals surface area contributed by atoms with Crippen LogP contribution in [-0.4, -0.2) is 34.2 Å². The van der Waals surface area contributed by atoms with Gasteiger partial charge in [0.2, 0.25) is 5.91 Å². The Hall–Kier alpha value is -1.10. The summed E-state index contributed by atoms with van der Waals surface area (Å²) in [6, 6.07) is -0.203. The summed E-state index contributed by atoms with van der Waals surface area (Å²) in [5, 5.41) is 22.2. The molecule has 0 radical (unpaired) electrons. The molecule has 2 atom stereocenters. The molecule has 20 heavy (non-hydrogen) atoms. The fraction of sp³-hybridized carbons (Fsp3) is 0.867. The zero-order chi connectivity index (χ0) is 14.6. The van der Waals surface area contributed by atoms with Crippen molar-refractivity contribution in [2.45, 2.75) is 76.4 Å². The summed E-state index contributed by atoms with van der Waals surface area (Å²) in [4.78, 5) is 23.7. The van der Waals surface area contributed by atoms with E-state index in [0.29, 0.717) is 12.8 Å². The van der Waals surface area contributed by atoms with E-state index in [0.717, 1.165) is 44.9 Å². The fourth-order valence-electron chi connectivity index (χ4n) is 3.54. The second-order valence-electron chi connectivity index (χ2n) is 6.35. The lowest BCUT2D eigenvalue weighted by molar-refractivity contribution is -0.154. The van der Waals surface area contributed by atoms with E-state index < -0.39 is 17.5 Å². The summed E-state index contributed by atoms with van der Waals surface area (Å²) >= 11 is 0. The van der Waals surface area contributed by atoms with E-state index in [2.05, 4.69) is 5.32 Å². The number of rotatable bonds is 4. The Morgan fingerprint density at radius 3 is 2.30 bits per heavy atom. The van der Waals surface area contributed by atoms with Gasteiger partial charge in [-0.05, 0) is 25.7 Å². The van der Waals surface area contributed by atoms with Gasteiger partial charge in [0.05, 0.1) is 17.6 Å². The number of carbonyl (C=O) groups is 2. The number of amides is 1. The van der Waals surface area contributed by atoms with Crippen LogP contribution in [0.2, 0.25) is 0 Å². The normalized spacial score (nSPS) is 29.6. The topological polar surface area (TPSA) is 86.6 Å². The number of aliphatic hydroxyl groups is 1. The van der Waals surface area contributed by atoms with Gasteiger partial charge in [0.1, 0.15) is 0 Å². The van der Waals surface area contributed by atoms with Gasteiger partial charge in [-0.25, -0.2) is 0 Å². The summed E-state index contributed by atoms with van der Waals surface area (Å²) < 4.78 is 0. The van der Waals surface area contributed by atoms with Crippen molar-refractivity contribution < 1.29 is 19.8 Å². The highest BCUT2D eigenvalue weighted by Crippen LogP contribution is 2.39. The van der Waals surface area contributed by atoms with E-state index in [1.807, 2.05) is 0 Å². The summed E-state index contributed by atoms with van der Waals surface area (Å²) in [6.07, 6.45) is 7.05. The lowest BCUT2D eigenvalue weighted by Crippen LogP contribution is -2.47. The average molecular weight is 283 g/mol. The van der Waals surface area contributed by atoms with Crippen molar-refractivity contribution in [3.63, 3.8) is 0 Å². The maximum atomic E-state index is 12.1. The number of carboxylic acid groups (broad SMARTS) is 1. The maximum Gasteiger partial charge on any atom is 0.310 e. The van der Waals surface area contributed by atoms with Gasteiger partial charge in [0, 0.05) is 6.42 Å². The summed E-state index contributed by atoms with van der Waals surface area (Å²) in [7, 11) is 0.